The van der Waals surface area contributed by atoms with Crippen LogP contribution in [0.1, 0.15) is 174 Å². The van der Waals surface area contributed by atoms with Gasteiger partial charge in [0.05, 0.1) is 0 Å². The van der Waals surface area contributed by atoms with E-state index in [4.69, 9.17) is 5.73 Å². The minimum absolute atomic E-state index is 0.0135. The molecule has 0 aliphatic carbocycles. The Morgan fingerprint density at radius 2 is 0.750 bits per heavy atom. The minimum Gasteiger partial charge on any atom is -0.369 e. The number of carbonyl (C=O) groups excluding carboxylic acids is 1. The number of hydrogen-bond acceptors (Lipinski definition) is 4. The number of nitrogens with one attached hydrogen (secondary N) is 2. The quantitative estimate of drug-likeness (QED) is 0.0651. The van der Waals surface area contributed by atoms with Gasteiger partial charge >= 0.3 is 0 Å². The van der Waals surface area contributed by atoms with Gasteiger partial charge in [-0.2, -0.15) is 0 Å². The average molecular weight is 586 g/mol. The highest BCUT2D eigenvalue weighted by Gasteiger charge is 2.03. The summed E-state index contributed by atoms with van der Waals surface area (Å²) in [7, 11) is -1.11. The van der Waals surface area contributed by atoms with Crippen LogP contribution in [0.3, 0.4) is 0 Å². The normalized spacial score (nSPS) is 12.2. The van der Waals surface area contributed by atoms with Gasteiger partial charge in [0.15, 0.2) is 0 Å². The molecule has 0 radical (unpaired) electrons. The summed E-state index contributed by atoms with van der Waals surface area (Å²) in [6, 6.07) is 0. The van der Waals surface area contributed by atoms with Gasteiger partial charge in [-0.25, -0.2) is 0 Å². The zero-order valence-electron chi connectivity index (χ0n) is 26.9. The van der Waals surface area contributed by atoms with E-state index in [0.717, 1.165) is 6.54 Å². The molecule has 0 aliphatic rings. The maximum atomic E-state index is 11.5. The Balaban J connectivity index is 3.07. The molecule has 0 spiro atoms. The fourth-order valence-corrected chi connectivity index (χ4v) is 6.24. The van der Waals surface area contributed by atoms with E-state index in [1.165, 1.54) is 180 Å². The van der Waals surface area contributed by atoms with Crippen molar-refractivity contribution in [3.63, 3.8) is 0 Å². The van der Waals surface area contributed by atoms with Gasteiger partial charge in [-0.15, -0.1) is 0 Å². The Bertz CT molecular complexity index is 533. The molecule has 1 atom stereocenters. The molecule has 6 heteroatoms. The highest BCUT2D eigenvalue weighted by Crippen LogP contribution is 2.15. The van der Waals surface area contributed by atoms with Gasteiger partial charge in [0.2, 0.25) is 5.91 Å². The first-order chi connectivity index (χ1) is 19.7. The number of hydrogen-bond donors (Lipinski definition) is 3. The third-order valence-electron chi connectivity index (χ3n) is 7.94. The van der Waals surface area contributed by atoms with Crippen molar-refractivity contribution >= 4 is 16.7 Å². The van der Waals surface area contributed by atoms with Crippen LogP contribution in [0.2, 0.25) is 0 Å². The Morgan fingerprint density at radius 1 is 0.475 bits per heavy atom. The second kappa shape index (κ2) is 34.7. The van der Waals surface area contributed by atoms with Crippen LogP contribution in [-0.4, -0.2) is 47.8 Å². The summed E-state index contributed by atoms with van der Waals surface area (Å²) in [6.07, 6.45) is 36.6. The molecule has 0 aromatic rings. The molecular weight excluding hydrogens is 514 g/mol. The molecule has 0 rings (SSSR count). The van der Waals surface area contributed by atoms with Crippen LogP contribution in [0.25, 0.3) is 0 Å². The summed E-state index contributed by atoms with van der Waals surface area (Å²) < 4.78 is 11.5. The lowest BCUT2D eigenvalue weighted by molar-refractivity contribution is -0.115. The predicted molar refractivity (Wildman–Crippen MR) is 179 cm³/mol. The molecule has 0 aliphatic heterocycles. The highest BCUT2D eigenvalue weighted by atomic mass is 32.2. The van der Waals surface area contributed by atoms with E-state index in [1.54, 1.807) is 0 Å². The summed E-state index contributed by atoms with van der Waals surface area (Å²) >= 11 is 0. The van der Waals surface area contributed by atoms with Crippen LogP contribution < -0.4 is 16.4 Å². The van der Waals surface area contributed by atoms with Gasteiger partial charge in [0, 0.05) is 23.1 Å². The van der Waals surface area contributed by atoms with Crippen LogP contribution in [0, 0.1) is 0 Å². The number of nitrogens with two attached hydrogens (primary N) is 1. The number of unbranched alkanes of at least 4 members (excludes halogenated alkanes) is 24. The zero-order valence-corrected chi connectivity index (χ0v) is 27.7. The molecule has 0 saturated carbocycles. The second-order valence-electron chi connectivity index (χ2n) is 12.1. The Kier molecular flexibility index (Phi) is 34.3. The van der Waals surface area contributed by atoms with Crippen LogP contribution in [0.5, 0.6) is 0 Å². The zero-order chi connectivity index (χ0) is 29.2. The van der Waals surface area contributed by atoms with E-state index < -0.39 is 16.7 Å². The van der Waals surface area contributed by atoms with Crippen molar-refractivity contribution in [1.29, 1.82) is 0 Å². The summed E-state index contributed by atoms with van der Waals surface area (Å²) in [5, 5.41) is 6.81. The average Bonchev–Trinajstić information content (AvgIpc) is 2.93. The topological polar surface area (TPSA) is 84.2 Å². The largest absolute Gasteiger partial charge is 0.369 e. The first-order valence-electron chi connectivity index (χ1n) is 17.7. The van der Waals surface area contributed by atoms with E-state index in [1.807, 2.05) is 0 Å². The number of primary amides is 1. The first-order valence-corrected chi connectivity index (χ1v) is 19.2. The third kappa shape index (κ3) is 35.6. The van der Waals surface area contributed by atoms with Crippen molar-refractivity contribution in [2.75, 3.05) is 37.7 Å². The van der Waals surface area contributed by atoms with Gasteiger partial charge in [-0.3, -0.25) is 9.00 Å². The molecule has 240 valence electrons. The first kappa shape index (κ1) is 39.5. The van der Waals surface area contributed by atoms with E-state index in [0.29, 0.717) is 12.3 Å². The maximum absolute atomic E-state index is 11.5. The molecule has 0 aromatic heterocycles. The number of rotatable bonds is 35. The van der Waals surface area contributed by atoms with E-state index in [2.05, 4.69) is 17.6 Å². The van der Waals surface area contributed by atoms with Crippen molar-refractivity contribution in [1.82, 2.24) is 10.6 Å². The Morgan fingerprint density at radius 3 is 1.02 bits per heavy atom. The number of carbonyl (C=O) groups is 1. The van der Waals surface area contributed by atoms with Crippen LogP contribution in [0.15, 0.2) is 0 Å². The van der Waals surface area contributed by atoms with Crippen LogP contribution in [0.4, 0.5) is 0 Å². The summed E-state index contributed by atoms with van der Waals surface area (Å²) in [5.41, 5.74) is 5.05. The van der Waals surface area contributed by atoms with Gasteiger partial charge in [0.25, 0.3) is 0 Å². The summed E-state index contributed by atoms with van der Waals surface area (Å²) in [4.78, 5) is 10.7. The Labute approximate surface area is 253 Å². The molecule has 1 amide bonds. The second-order valence-corrected chi connectivity index (χ2v) is 13.7. The lowest BCUT2D eigenvalue weighted by Crippen LogP contribution is -2.26. The molecule has 5 nitrogen and oxygen atoms in total. The van der Waals surface area contributed by atoms with Gasteiger partial charge in [-0.05, 0) is 38.9 Å². The molecule has 0 fully saturated rings. The number of amides is 1. The standard InChI is InChI=1S/C34H71N3O2S/c1-2-28-36-29-26-24-22-20-18-16-14-12-10-8-6-4-3-5-7-9-11-13-15-17-19-21-23-25-27-30-37-31-32-40(39)33-34(35)38/h36-37H,2-33H2,1H3,(H2,35,38). The van der Waals surface area contributed by atoms with Gasteiger partial charge in [0.1, 0.15) is 5.75 Å². The molecule has 1 unspecified atom stereocenters. The van der Waals surface area contributed by atoms with E-state index >= 15 is 0 Å². The fraction of sp³-hybridized carbons (Fsp3) is 0.971. The van der Waals surface area contributed by atoms with Gasteiger partial charge < -0.3 is 16.4 Å². The summed E-state index contributed by atoms with van der Waals surface area (Å²) in [6.45, 7) is 6.32. The molecule has 40 heavy (non-hydrogen) atoms. The minimum atomic E-state index is -1.11. The third-order valence-corrected chi connectivity index (χ3v) is 9.21. The molecule has 4 N–H and O–H groups in total. The van der Waals surface area contributed by atoms with Gasteiger partial charge in [-0.1, -0.05) is 155 Å². The molecule has 0 bridgehead atoms. The monoisotopic (exact) mass is 586 g/mol. The lowest BCUT2D eigenvalue weighted by atomic mass is 10.0. The van der Waals surface area contributed by atoms with E-state index in [9.17, 15) is 9.00 Å². The van der Waals surface area contributed by atoms with Crippen molar-refractivity contribution in [3.8, 4) is 0 Å². The van der Waals surface area contributed by atoms with Crippen molar-refractivity contribution in [2.45, 2.75) is 174 Å². The maximum Gasteiger partial charge on any atom is 0.230 e. The summed E-state index contributed by atoms with van der Waals surface area (Å²) in [5.74, 6) is 0.0234. The van der Waals surface area contributed by atoms with E-state index in [-0.39, 0.29) is 5.75 Å². The fourth-order valence-electron chi connectivity index (χ4n) is 5.41. The van der Waals surface area contributed by atoms with Crippen molar-refractivity contribution in [3.05, 3.63) is 0 Å². The molecular formula is C34H71N3O2S. The predicted octanol–water partition coefficient (Wildman–Crippen LogP) is 8.56. The van der Waals surface area contributed by atoms with Crippen LogP contribution >= 0.6 is 0 Å². The highest BCUT2D eigenvalue weighted by molar-refractivity contribution is 7.85. The lowest BCUT2D eigenvalue weighted by Gasteiger charge is -2.05. The van der Waals surface area contributed by atoms with Crippen LogP contribution in [-0.2, 0) is 15.6 Å². The smallest absolute Gasteiger partial charge is 0.230 e. The van der Waals surface area contributed by atoms with Crippen molar-refractivity contribution < 1.29 is 9.00 Å². The van der Waals surface area contributed by atoms with Crippen molar-refractivity contribution in [2.24, 2.45) is 5.73 Å². The molecule has 0 saturated heterocycles. The molecule has 0 aromatic carbocycles. The Hall–Kier alpha value is -0.460. The SMILES string of the molecule is CCCNCCCCCCCCCCCCCCCCCCCCCCCCCCCNCCS(=O)CC(N)=O. The molecule has 0 heterocycles.